The monoisotopic (exact) mass is 232 g/mol. The molecule has 5 nitrogen and oxygen atoms in total. The van der Waals surface area contributed by atoms with Gasteiger partial charge in [0.15, 0.2) is 0 Å². The van der Waals surface area contributed by atoms with E-state index in [1.54, 1.807) is 0 Å². The number of rotatable bonds is 8. The predicted octanol–water partition coefficient (Wildman–Crippen LogP) is 1.30. The molecule has 0 amide bonds. The molecule has 0 atom stereocenters. The Morgan fingerprint density at radius 2 is 1.88 bits per heavy atom. The van der Waals surface area contributed by atoms with Gasteiger partial charge in [-0.1, -0.05) is 0 Å². The molecule has 0 aliphatic carbocycles. The minimum Gasteiger partial charge on any atom is -0.465 e. The second-order valence-electron chi connectivity index (χ2n) is 4.27. The van der Waals surface area contributed by atoms with Gasteiger partial charge in [0.2, 0.25) is 0 Å². The number of carbonyl (C=O) groups is 2. The summed E-state index contributed by atoms with van der Waals surface area (Å²) in [4.78, 5) is 21.0. The van der Waals surface area contributed by atoms with Crippen molar-refractivity contribution in [2.45, 2.75) is 39.2 Å². The van der Waals surface area contributed by atoms with Gasteiger partial charge in [-0.3, -0.25) is 9.59 Å². The minimum atomic E-state index is -0.435. The maximum absolute atomic E-state index is 11.2. The molecule has 0 aromatic carbocycles. The fourth-order valence-corrected chi connectivity index (χ4v) is 0.968. The van der Waals surface area contributed by atoms with Crippen LogP contribution in [0.2, 0.25) is 0 Å². The molecule has 0 fully saturated rings. The van der Waals surface area contributed by atoms with Crippen LogP contribution in [-0.4, -0.2) is 37.9 Å². The summed E-state index contributed by atoms with van der Waals surface area (Å²) in [6.45, 7) is 6.93. The highest BCUT2D eigenvalue weighted by Crippen LogP contribution is 2.08. The van der Waals surface area contributed by atoms with Crippen LogP contribution in [0.3, 0.4) is 0 Å². The van der Waals surface area contributed by atoms with Gasteiger partial charge < -0.3 is 14.2 Å². The van der Waals surface area contributed by atoms with Crippen molar-refractivity contribution < 1.29 is 23.8 Å². The van der Waals surface area contributed by atoms with Crippen molar-refractivity contribution in [1.29, 1.82) is 0 Å². The standard InChI is InChI=1S/C11H20O5/c1-11(2,3)16-10(13)5-4-6-14-7-8-15-9-12/h9H,4-8H2,1-3H3. The third-order valence-electron chi connectivity index (χ3n) is 1.50. The summed E-state index contributed by atoms with van der Waals surface area (Å²) in [7, 11) is 0. The molecule has 0 aromatic rings. The van der Waals surface area contributed by atoms with Gasteiger partial charge in [0.1, 0.15) is 12.2 Å². The zero-order valence-electron chi connectivity index (χ0n) is 10.2. The molecule has 16 heavy (non-hydrogen) atoms. The third-order valence-corrected chi connectivity index (χ3v) is 1.50. The van der Waals surface area contributed by atoms with Gasteiger partial charge in [0.05, 0.1) is 6.61 Å². The summed E-state index contributed by atoms with van der Waals surface area (Å²) in [5, 5.41) is 0. The van der Waals surface area contributed by atoms with Crippen molar-refractivity contribution in [2.24, 2.45) is 0 Å². The van der Waals surface area contributed by atoms with Gasteiger partial charge in [-0.2, -0.15) is 0 Å². The molecule has 0 bridgehead atoms. The predicted molar refractivity (Wildman–Crippen MR) is 57.9 cm³/mol. The van der Waals surface area contributed by atoms with Crippen molar-refractivity contribution in [3.05, 3.63) is 0 Å². The first-order valence-electron chi connectivity index (χ1n) is 5.30. The summed E-state index contributed by atoms with van der Waals surface area (Å²) in [5.41, 5.74) is -0.435. The van der Waals surface area contributed by atoms with E-state index in [2.05, 4.69) is 4.74 Å². The maximum Gasteiger partial charge on any atom is 0.306 e. The van der Waals surface area contributed by atoms with Crippen molar-refractivity contribution in [1.82, 2.24) is 0 Å². The number of esters is 1. The van der Waals surface area contributed by atoms with Crippen LogP contribution >= 0.6 is 0 Å². The lowest BCUT2D eigenvalue weighted by Gasteiger charge is -2.19. The van der Waals surface area contributed by atoms with Gasteiger partial charge in [-0.25, -0.2) is 0 Å². The Morgan fingerprint density at radius 1 is 1.19 bits per heavy atom. The molecule has 0 aliphatic rings. The Balaban J connectivity index is 3.31. The summed E-state index contributed by atoms with van der Waals surface area (Å²) >= 11 is 0. The summed E-state index contributed by atoms with van der Waals surface area (Å²) in [6, 6.07) is 0. The van der Waals surface area contributed by atoms with Crippen molar-refractivity contribution in [3.8, 4) is 0 Å². The molecule has 0 spiro atoms. The van der Waals surface area contributed by atoms with Crippen LogP contribution in [0.1, 0.15) is 33.6 Å². The fraction of sp³-hybridized carbons (Fsp3) is 0.818. The van der Waals surface area contributed by atoms with Gasteiger partial charge in [0, 0.05) is 13.0 Å². The first kappa shape index (κ1) is 14.9. The summed E-state index contributed by atoms with van der Waals surface area (Å²) < 4.78 is 14.7. The van der Waals surface area contributed by atoms with Crippen LogP contribution in [0.4, 0.5) is 0 Å². The highest BCUT2D eigenvalue weighted by atomic mass is 16.6. The van der Waals surface area contributed by atoms with Crippen LogP contribution in [0.15, 0.2) is 0 Å². The maximum atomic E-state index is 11.2. The largest absolute Gasteiger partial charge is 0.465 e. The van der Waals surface area contributed by atoms with E-state index in [1.807, 2.05) is 20.8 Å². The Bertz CT molecular complexity index is 207. The van der Waals surface area contributed by atoms with Gasteiger partial charge >= 0.3 is 5.97 Å². The number of carbonyl (C=O) groups excluding carboxylic acids is 2. The van der Waals surface area contributed by atoms with Crippen LogP contribution in [0.25, 0.3) is 0 Å². The number of hydrogen-bond donors (Lipinski definition) is 0. The van der Waals surface area contributed by atoms with E-state index in [-0.39, 0.29) is 12.6 Å². The molecule has 94 valence electrons. The van der Waals surface area contributed by atoms with Gasteiger partial charge in [-0.05, 0) is 27.2 Å². The number of ether oxygens (including phenoxy) is 3. The van der Waals surface area contributed by atoms with E-state index >= 15 is 0 Å². The Hall–Kier alpha value is -1.10. The Kier molecular flexibility index (Phi) is 7.54. The second-order valence-corrected chi connectivity index (χ2v) is 4.27. The minimum absolute atomic E-state index is 0.222. The Morgan fingerprint density at radius 3 is 2.44 bits per heavy atom. The van der Waals surface area contributed by atoms with E-state index in [0.29, 0.717) is 32.5 Å². The molecular weight excluding hydrogens is 212 g/mol. The second kappa shape index (κ2) is 8.10. The van der Waals surface area contributed by atoms with Crippen molar-refractivity contribution in [3.63, 3.8) is 0 Å². The van der Waals surface area contributed by atoms with Crippen LogP contribution in [-0.2, 0) is 23.8 Å². The van der Waals surface area contributed by atoms with Crippen LogP contribution < -0.4 is 0 Å². The van der Waals surface area contributed by atoms with Crippen LogP contribution in [0.5, 0.6) is 0 Å². The molecule has 5 heteroatoms. The van der Waals surface area contributed by atoms with Crippen LogP contribution in [0, 0.1) is 0 Å². The number of hydrogen-bond acceptors (Lipinski definition) is 5. The molecular formula is C11H20O5. The lowest BCUT2D eigenvalue weighted by molar-refractivity contribution is -0.155. The lowest BCUT2D eigenvalue weighted by atomic mass is 10.2. The molecule has 0 aliphatic heterocycles. The average molecular weight is 232 g/mol. The van der Waals surface area contributed by atoms with Gasteiger partial charge in [0.25, 0.3) is 6.47 Å². The Labute approximate surface area is 96.1 Å². The fourth-order valence-electron chi connectivity index (χ4n) is 0.968. The van der Waals surface area contributed by atoms with E-state index in [9.17, 15) is 9.59 Å². The van der Waals surface area contributed by atoms with Crippen molar-refractivity contribution in [2.75, 3.05) is 19.8 Å². The quantitative estimate of drug-likeness (QED) is 0.358. The average Bonchev–Trinajstić information content (AvgIpc) is 2.13. The highest BCUT2D eigenvalue weighted by molar-refractivity contribution is 5.69. The van der Waals surface area contributed by atoms with E-state index in [1.165, 1.54) is 0 Å². The first-order valence-corrected chi connectivity index (χ1v) is 5.30. The molecule has 0 unspecified atom stereocenters. The van der Waals surface area contributed by atoms with E-state index < -0.39 is 5.60 Å². The summed E-state index contributed by atoms with van der Waals surface area (Å²) in [5.74, 6) is -0.222. The smallest absolute Gasteiger partial charge is 0.306 e. The molecule has 0 saturated carbocycles. The zero-order valence-corrected chi connectivity index (χ0v) is 10.2. The van der Waals surface area contributed by atoms with E-state index in [4.69, 9.17) is 9.47 Å². The molecule has 0 aromatic heterocycles. The lowest BCUT2D eigenvalue weighted by Crippen LogP contribution is -2.23. The zero-order chi connectivity index (χ0) is 12.4. The first-order chi connectivity index (χ1) is 7.45. The highest BCUT2D eigenvalue weighted by Gasteiger charge is 2.15. The summed E-state index contributed by atoms with van der Waals surface area (Å²) in [6.07, 6.45) is 0.946. The van der Waals surface area contributed by atoms with Crippen molar-refractivity contribution >= 4 is 12.4 Å². The van der Waals surface area contributed by atoms with Gasteiger partial charge in [-0.15, -0.1) is 0 Å². The molecule has 0 saturated heterocycles. The molecule has 0 rings (SSSR count). The third kappa shape index (κ3) is 11.0. The molecule has 0 radical (unpaired) electrons. The topological polar surface area (TPSA) is 61.8 Å². The SMILES string of the molecule is CC(C)(C)OC(=O)CCCOCCOC=O. The normalized spacial score (nSPS) is 10.9. The van der Waals surface area contributed by atoms with E-state index in [0.717, 1.165) is 0 Å². The molecule has 0 heterocycles. The molecule has 0 N–H and O–H groups in total.